The summed E-state index contributed by atoms with van der Waals surface area (Å²) in [6.45, 7) is 5.19. The number of imidazole rings is 1. The summed E-state index contributed by atoms with van der Waals surface area (Å²) in [6.07, 6.45) is 9.54. The third-order valence-electron chi connectivity index (χ3n) is 4.66. The summed E-state index contributed by atoms with van der Waals surface area (Å²) in [7, 11) is 0. The van der Waals surface area contributed by atoms with Gasteiger partial charge in [-0.15, -0.1) is 0 Å². The molecular weight excluding hydrogens is 212 g/mol. The molecule has 2 aliphatic rings. The van der Waals surface area contributed by atoms with Crippen LogP contribution in [0.5, 0.6) is 0 Å². The second-order valence-corrected chi connectivity index (χ2v) is 5.71. The molecule has 0 amide bonds. The van der Waals surface area contributed by atoms with Crippen molar-refractivity contribution in [3.8, 4) is 0 Å². The van der Waals surface area contributed by atoms with Crippen molar-refractivity contribution in [1.82, 2.24) is 9.55 Å². The van der Waals surface area contributed by atoms with E-state index in [4.69, 9.17) is 4.74 Å². The maximum absolute atomic E-state index is 6.09. The molecule has 3 heteroatoms. The molecule has 1 spiro atoms. The molecule has 1 aliphatic carbocycles. The zero-order valence-electron chi connectivity index (χ0n) is 10.9. The average Bonchev–Trinajstić information content (AvgIpc) is 2.89. The predicted octanol–water partition coefficient (Wildman–Crippen LogP) is 3.16. The lowest BCUT2D eigenvalue weighted by atomic mass is 9.88. The first-order valence-corrected chi connectivity index (χ1v) is 6.84. The molecule has 3 nitrogen and oxygen atoms in total. The van der Waals surface area contributed by atoms with Crippen molar-refractivity contribution in [2.45, 2.75) is 64.0 Å². The smallest absolute Gasteiger partial charge is 0.0954 e. The van der Waals surface area contributed by atoms with Gasteiger partial charge in [0, 0.05) is 18.3 Å². The van der Waals surface area contributed by atoms with Gasteiger partial charge >= 0.3 is 0 Å². The first kappa shape index (κ1) is 11.3. The van der Waals surface area contributed by atoms with Crippen LogP contribution in [0.15, 0.2) is 6.33 Å². The molecular formula is C14H22N2O. The summed E-state index contributed by atoms with van der Waals surface area (Å²) >= 11 is 0. The van der Waals surface area contributed by atoms with Gasteiger partial charge in [-0.3, -0.25) is 0 Å². The van der Waals surface area contributed by atoms with Crippen LogP contribution in [0, 0.1) is 13.8 Å². The average molecular weight is 234 g/mol. The Bertz CT molecular complexity index is 404. The molecule has 1 aromatic rings. The monoisotopic (exact) mass is 234 g/mol. The van der Waals surface area contributed by atoms with Crippen LogP contribution in [0.3, 0.4) is 0 Å². The Morgan fingerprint density at radius 3 is 2.76 bits per heavy atom. The first-order chi connectivity index (χ1) is 8.20. The largest absolute Gasteiger partial charge is 0.375 e. The van der Waals surface area contributed by atoms with Gasteiger partial charge in [0.1, 0.15) is 0 Å². The van der Waals surface area contributed by atoms with Crippen molar-refractivity contribution in [3.05, 3.63) is 17.7 Å². The summed E-state index contributed by atoms with van der Waals surface area (Å²) in [5.74, 6) is 0. The van der Waals surface area contributed by atoms with Crippen molar-refractivity contribution in [3.63, 3.8) is 0 Å². The van der Waals surface area contributed by atoms with E-state index < -0.39 is 0 Å². The number of hydrogen-bond acceptors (Lipinski definition) is 2. The topological polar surface area (TPSA) is 27.1 Å². The van der Waals surface area contributed by atoms with Crippen LogP contribution >= 0.6 is 0 Å². The Morgan fingerprint density at radius 1 is 1.35 bits per heavy atom. The Labute approximate surface area is 103 Å². The number of nitrogens with zero attached hydrogens (tertiary/aromatic N) is 2. The normalized spacial score (nSPS) is 27.8. The first-order valence-electron chi connectivity index (χ1n) is 6.84. The number of hydrogen-bond donors (Lipinski definition) is 0. The minimum Gasteiger partial charge on any atom is -0.375 e. The zero-order valence-corrected chi connectivity index (χ0v) is 10.9. The van der Waals surface area contributed by atoms with Crippen LogP contribution in [0.25, 0.3) is 0 Å². The number of aromatic nitrogens is 2. The van der Waals surface area contributed by atoms with Crippen molar-refractivity contribution in [2.24, 2.45) is 0 Å². The minimum atomic E-state index is 0.202. The molecule has 1 unspecified atom stereocenters. The second-order valence-electron chi connectivity index (χ2n) is 5.71. The highest BCUT2D eigenvalue weighted by atomic mass is 16.5. The molecule has 0 N–H and O–H groups in total. The van der Waals surface area contributed by atoms with E-state index in [1.165, 1.54) is 37.8 Å². The third kappa shape index (κ3) is 1.90. The Kier molecular flexibility index (Phi) is 2.74. The molecule has 0 radical (unpaired) electrons. The Morgan fingerprint density at radius 2 is 2.12 bits per heavy atom. The van der Waals surface area contributed by atoms with Crippen LogP contribution in [-0.4, -0.2) is 21.8 Å². The van der Waals surface area contributed by atoms with E-state index in [2.05, 4.69) is 23.4 Å². The summed E-state index contributed by atoms with van der Waals surface area (Å²) in [6, 6.07) is 0.600. The molecule has 0 aromatic carbocycles. The molecule has 1 aromatic heterocycles. The fraction of sp³-hybridized carbons (Fsp3) is 0.786. The summed E-state index contributed by atoms with van der Waals surface area (Å²) in [5.41, 5.74) is 2.69. The van der Waals surface area contributed by atoms with Gasteiger partial charge in [-0.25, -0.2) is 4.98 Å². The van der Waals surface area contributed by atoms with Crippen molar-refractivity contribution < 1.29 is 4.74 Å². The van der Waals surface area contributed by atoms with E-state index in [1.54, 1.807) is 0 Å². The molecule has 2 fully saturated rings. The quantitative estimate of drug-likeness (QED) is 0.746. The molecule has 1 saturated carbocycles. The van der Waals surface area contributed by atoms with Crippen LogP contribution in [0.1, 0.15) is 56.0 Å². The third-order valence-corrected chi connectivity index (χ3v) is 4.66. The van der Waals surface area contributed by atoms with E-state index in [9.17, 15) is 0 Å². The van der Waals surface area contributed by atoms with Gasteiger partial charge in [-0.05, 0) is 39.5 Å². The van der Waals surface area contributed by atoms with Gasteiger partial charge in [0.15, 0.2) is 0 Å². The van der Waals surface area contributed by atoms with Crippen LogP contribution in [0.2, 0.25) is 0 Å². The van der Waals surface area contributed by atoms with Gasteiger partial charge in [0.2, 0.25) is 0 Å². The summed E-state index contributed by atoms with van der Waals surface area (Å²) in [4.78, 5) is 4.43. The fourth-order valence-electron chi connectivity index (χ4n) is 3.49. The summed E-state index contributed by atoms with van der Waals surface area (Å²) in [5, 5.41) is 0. The van der Waals surface area contributed by atoms with Crippen LogP contribution in [-0.2, 0) is 4.74 Å². The van der Waals surface area contributed by atoms with Gasteiger partial charge < -0.3 is 9.30 Å². The van der Waals surface area contributed by atoms with Gasteiger partial charge in [-0.1, -0.05) is 12.8 Å². The number of ether oxygens (including phenoxy) is 1. The van der Waals surface area contributed by atoms with E-state index in [0.29, 0.717) is 6.04 Å². The maximum atomic E-state index is 6.09. The molecule has 17 heavy (non-hydrogen) atoms. The van der Waals surface area contributed by atoms with E-state index in [1.807, 2.05) is 6.33 Å². The van der Waals surface area contributed by atoms with Crippen molar-refractivity contribution >= 4 is 0 Å². The molecule has 2 heterocycles. The predicted molar refractivity (Wildman–Crippen MR) is 67.1 cm³/mol. The molecule has 1 saturated heterocycles. The zero-order chi connectivity index (χ0) is 11.9. The SMILES string of the molecule is Cc1ncn(C2CCOC3(CCCC3)C2)c1C. The molecule has 0 bridgehead atoms. The van der Waals surface area contributed by atoms with Crippen LogP contribution < -0.4 is 0 Å². The summed E-state index contributed by atoms with van der Waals surface area (Å²) < 4.78 is 8.46. The van der Waals surface area contributed by atoms with Gasteiger partial charge in [0.05, 0.1) is 17.6 Å². The van der Waals surface area contributed by atoms with E-state index in [-0.39, 0.29) is 5.60 Å². The van der Waals surface area contributed by atoms with Crippen molar-refractivity contribution in [2.75, 3.05) is 6.61 Å². The van der Waals surface area contributed by atoms with E-state index in [0.717, 1.165) is 18.7 Å². The Hall–Kier alpha value is -0.830. The highest BCUT2D eigenvalue weighted by Gasteiger charge is 2.40. The minimum absolute atomic E-state index is 0.202. The fourth-order valence-corrected chi connectivity index (χ4v) is 3.49. The van der Waals surface area contributed by atoms with Crippen molar-refractivity contribution in [1.29, 1.82) is 0 Å². The Balaban J connectivity index is 1.82. The lowest BCUT2D eigenvalue weighted by Crippen LogP contribution is -2.38. The van der Waals surface area contributed by atoms with E-state index >= 15 is 0 Å². The molecule has 94 valence electrons. The lowest BCUT2D eigenvalue weighted by Gasteiger charge is -2.39. The van der Waals surface area contributed by atoms with Gasteiger partial charge in [-0.2, -0.15) is 0 Å². The maximum Gasteiger partial charge on any atom is 0.0954 e. The number of rotatable bonds is 1. The highest BCUT2D eigenvalue weighted by molar-refractivity contribution is 5.10. The number of aryl methyl sites for hydroxylation is 1. The van der Waals surface area contributed by atoms with Gasteiger partial charge in [0.25, 0.3) is 0 Å². The molecule has 1 atom stereocenters. The standard InChI is InChI=1S/C14H22N2O/c1-11-12(2)16(10-15-11)13-5-8-17-14(9-13)6-3-4-7-14/h10,13H,3-9H2,1-2H3. The van der Waals surface area contributed by atoms with Crippen LogP contribution in [0.4, 0.5) is 0 Å². The second kappa shape index (κ2) is 4.13. The molecule has 3 rings (SSSR count). The lowest BCUT2D eigenvalue weighted by molar-refractivity contribution is -0.0896. The highest BCUT2D eigenvalue weighted by Crippen LogP contribution is 2.43. The molecule has 1 aliphatic heterocycles.